The van der Waals surface area contributed by atoms with E-state index in [0.29, 0.717) is 0 Å². The molecule has 0 aliphatic carbocycles. The summed E-state index contributed by atoms with van der Waals surface area (Å²) in [6, 6.07) is -0.0336. The molecule has 2 rings (SSSR count). The van der Waals surface area contributed by atoms with Gasteiger partial charge in [0.05, 0.1) is 6.04 Å². The number of amides is 1. The van der Waals surface area contributed by atoms with Crippen molar-refractivity contribution in [3.05, 3.63) is 0 Å². The van der Waals surface area contributed by atoms with Gasteiger partial charge < -0.3 is 10.4 Å². The summed E-state index contributed by atoms with van der Waals surface area (Å²) in [4.78, 5) is 17.1. The number of fused-ring (bicyclic) bond motifs is 1. The fourth-order valence-corrected chi connectivity index (χ4v) is 2.18. The van der Waals surface area contributed by atoms with Crippen LogP contribution in [-0.2, 0) is 0 Å². The van der Waals surface area contributed by atoms with Crippen LogP contribution in [0.25, 0.3) is 0 Å². The normalized spacial score (nSPS) is 32.3. The molecule has 0 bridgehead atoms. The lowest BCUT2D eigenvalue weighted by atomic mass is 10.1. The molecule has 5 nitrogen and oxygen atoms in total. The van der Waals surface area contributed by atoms with Crippen LogP contribution < -0.4 is 5.32 Å². The van der Waals surface area contributed by atoms with Crippen molar-refractivity contribution in [1.29, 1.82) is 0 Å². The fraction of sp³-hybridized carbons (Fsp3) is 0.778. The first-order valence-corrected chi connectivity index (χ1v) is 5.02. The zero-order valence-corrected chi connectivity index (χ0v) is 8.02. The van der Waals surface area contributed by atoms with E-state index in [1.807, 2.05) is 6.21 Å². The van der Waals surface area contributed by atoms with Crippen LogP contribution in [0.15, 0.2) is 4.99 Å². The zero-order chi connectivity index (χ0) is 9.97. The lowest BCUT2D eigenvalue weighted by molar-refractivity contribution is 0.172. The van der Waals surface area contributed by atoms with Crippen molar-refractivity contribution in [3.63, 3.8) is 0 Å². The van der Waals surface area contributed by atoms with Gasteiger partial charge in [0.1, 0.15) is 6.17 Å². The minimum Gasteiger partial charge on any atom is -0.465 e. The van der Waals surface area contributed by atoms with E-state index in [0.717, 1.165) is 32.4 Å². The number of rotatable bonds is 1. The van der Waals surface area contributed by atoms with Crippen molar-refractivity contribution in [3.8, 4) is 0 Å². The summed E-state index contributed by atoms with van der Waals surface area (Å²) in [7, 11) is 0. The van der Waals surface area contributed by atoms with Crippen molar-refractivity contribution in [2.75, 3.05) is 13.1 Å². The molecule has 1 fully saturated rings. The lowest BCUT2D eigenvalue weighted by Gasteiger charge is -2.26. The molecule has 1 amide bonds. The third-order valence-corrected chi connectivity index (χ3v) is 2.83. The predicted octanol–water partition coefficient (Wildman–Crippen LogP) is 0.519. The third-order valence-electron chi connectivity index (χ3n) is 2.83. The first-order chi connectivity index (χ1) is 6.77. The second-order valence-electron chi connectivity index (χ2n) is 3.79. The molecule has 5 heteroatoms. The summed E-state index contributed by atoms with van der Waals surface area (Å²) in [6.07, 6.45) is 4.08. The van der Waals surface area contributed by atoms with Crippen LogP contribution in [-0.4, -0.2) is 47.6 Å². The number of nitrogens with zero attached hydrogens (tertiary/aromatic N) is 2. The molecule has 2 atom stereocenters. The lowest BCUT2D eigenvalue weighted by Crippen LogP contribution is -2.47. The average Bonchev–Trinajstić information content (AvgIpc) is 2.51. The Morgan fingerprint density at radius 2 is 2.43 bits per heavy atom. The van der Waals surface area contributed by atoms with E-state index in [-0.39, 0.29) is 12.2 Å². The van der Waals surface area contributed by atoms with Crippen LogP contribution in [0.4, 0.5) is 4.79 Å². The van der Waals surface area contributed by atoms with Crippen LogP contribution >= 0.6 is 0 Å². The van der Waals surface area contributed by atoms with Gasteiger partial charge in [0.25, 0.3) is 0 Å². The Hall–Kier alpha value is -1.10. The van der Waals surface area contributed by atoms with Gasteiger partial charge >= 0.3 is 6.09 Å². The Bertz CT molecular complexity index is 254. The maximum absolute atomic E-state index is 10.6. The predicted molar refractivity (Wildman–Crippen MR) is 52.7 cm³/mol. The van der Waals surface area contributed by atoms with Crippen LogP contribution in [0.1, 0.15) is 19.3 Å². The molecular formula is C9H15N3O2. The fourth-order valence-electron chi connectivity index (χ4n) is 2.18. The van der Waals surface area contributed by atoms with E-state index in [1.165, 1.54) is 0 Å². The molecule has 2 aliphatic rings. The molecule has 0 aromatic carbocycles. The molecule has 0 spiro atoms. The van der Waals surface area contributed by atoms with Crippen LogP contribution in [0.2, 0.25) is 0 Å². The van der Waals surface area contributed by atoms with Crippen molar-refractivity contribution < 1.29 is 9.90 Å². The van der Waals surface area contributed by atoms with E-state index < -0.39 is 6.09 Å². The average molecular weight is 197 g/mol. The molecule has 1 saturated heterocycles. The summed E-state index contributed by atoms with van der Waals surface area (Å²) in [5.74, 6) is 0. The van der Waals surface area contributed by atoms with E-state index in [4.69, 9.17) is 5.11 Å². The topological polar surface area (TPSA) is 64.9 Å². The number of carboxylic acid groups (broad SMARTS) is 1. The maximum Gasteiger partial charge on any atom is 0.405 e. The molecule has 2 heterocycles. The Morgan fingerprint density at radius 1 is 1.57 bits per heavy atom. The zero-order valence-electron chi connectivity index (χ0n) is 8.02. The Morgan fingerprint density at radius 3 is 3.21 bits per heavy atom. The molecule has 2 N–H and O–H groups in total. The quantitative estimate of drug-likeness (QED) is 0.644. The van der Waals surface area contributed by atoms with Crippen molar-refractivity contribution in [1.82, 2.24) is 10.2 Å². The first-order valence-electron chi connectivity index (χ1n) is 5.02. The molecule has 0 aromatic heterocycles. The van der Waals surface area contributed by atoms with Gasteiger partial charge in [-0.05, 0) is 12.8 Å². The SMILES string of the molecule is O=C(O)NC1CCCCN2CC=NC12. The van der Waals surface area contributed by atoms with Crippen molar-refractivity contribution in [2.24, 2.45) is 4.99 Å². The highest BCUT2D eigenvalue weighted by molar-refractivity contribution is 5.66. The number of hydrogen-bond acceptors (Lipinski definition) is 3. The van der Waals surface area contributed by atoms with E-state index >= 15 is 0 Å². The first kappa shape index (κ1) is 9.45. The van der Waals surface area contributed by atoms with E-state index in [2.05, 4.69) is 15.2 Å². The molecular weight excluding hydrogens is 182 g/mol. The Kier molecular flexibility index (Phi) is 2.67. The Balaban J connectivity index is 2.04. The smallest absolute Gasteiger partial charge is 0.405 e. The summed E-state index contributed by atoms with van der Waals surface area (Å²) in [5.41, 5.74) is 0. The molecule has 0 radical (unpaired) electrons. The number of hydrogen-bond donors (Lipinski definition) is 2. The molecule has 2 aliphatic heterocycles. The minimum atomic E-state index is -0.945. The maximum atomic E-state index is 10.6. The summed E-state index contributed by atoms with van der Waals surface area (Å²) < 4.78 is 0. The van der Waals surface area contributed by atoms with Crippen molar-refractivity contribution >= 4 is 12.3 Å². The molecule has 78 valence electrons. The highest BCUT2D eigenvalue weighted by atomic mass is 16.4. The largest absolute Gasteiger partial charge is 0.465 e. The van der Waals surface area contributed by atoms with Crippen LogP contribution in [0, 0.1) is 0 Å². The summed E-state index contributed by atoms with van der Waals surface area (Å²) in [5, 5.41) is 11.3. The molecule has 0 aromatic rings. The number of carbonyl (C=O) groups is 1. The van der Waals surface area contributed by atoms with E-state index in [9.17, 15) is 4.79 Å². The highest BCUT2D eigenvalue weighted by Gasteiger charge is 2.32. The van der Waals surface area contributed by atoms with Crippen molar-refractivity contribution in [2.45, 2.75) is 31.5 Å². The standard InChI is InChI=1S/C9H15N3O2/c13-9(14)11-7-3-1-2-5-12-6-4-10-8(7)12/h4,7-8,11H,1-3,5-6H2,(H,13,14). The van der Waals surface area contributed by atoms with Crippen LogP contribution in [0.5, 0.6) is 0 Å². The molecule has 0 saturated carbocycles. The second-order valence-corrected chi connectivity index (χ2v) is 3.79. The second kappa shape index (κ2) is 3.96. The molecule has 2 unspecified atom stereocenters. The number of aliphatic imine (C=N–C) groups is 1. The van der Waals surface area contributed by atoms with E-state index in [1.54, 1.807) is 0 Å². The van der Waals surface area contributed by atoms with Crippen LogP contribution in [0.3, 0.4) is 0 Å². The minimum absolute atomic E-state index is 0.0336. The van der Waals surface area contributed by atoms with Gasteiger partial charge in [-0.25, -0.2) is 4.79 Å². The Labute approximate surface area is 82.8 Å². The summed E-state index contributed by atoms with van der Waals surface area (Å²) >= 11 is 0. The van der Waals surface area contributed by atoms with Gasteiger partial charge in [0.15, 0.2) is 0 Å². The van der Waals surface area contributed by atoms with Gasteiger partial charge in [0, 0.05) is 19.3 Å². The van der Waals surface area contributed by atoms with Gasteiger partial charge in [-0.3, -0.25) is 9.89 Å². The highest BCUT2D eigenvalue weighted by Crippen LogP contribution is 2.20. The van der Waals surface area contributed by atoms with Gasteiger partial charge in [0.2, 0.25) is 0 Å². The van der Waals surface area contributed by atoms with Gasteiger partial charge in [-0.2, -0.15) is 0 Å². The summed E-state index contributed by atoms with van der Waals surface area (Å²) in [6.45, 7) is 1.89. The van der Waals surface area contributed by atoms with Gasteiger partial charge in [-0.15, -0.1) is 0 Å². The molecule has 14 heavy (non-hydrogen) atoms. The van der Waals surface area contributed by atoms with Gasteiger partial charge in [-0.1, -0.05) is 6.42 Å². The third kappa shape index (κ3) is 1.87. The number of nitrogens with one attached hydrogen (secondary N) is 1. The monoisotopic (exact) mass is 197 g/mol.